The van der Waals surface area contributed by atoms with Crippen molar-refractivity contribution >= 4 is 77.7 Å². The van der Waals surface area contributed by atoms with Gasteiger partial charge in [0.2, 0.25) is 0 Å². The van der Waals surface area contributed by atoms with Crippen molar-refractivity contribution in [2.24, 2.45) is 0 Å². The number of benzene rings is 1. The summed E-state index contributed by atoms with van der Waals surface area (Å²) in [6, 6.07) is 21.2. The van der Waals surface area contributed by atoms with Gasteiger partial charge >= 0.3 is 0 Å². The zero-order valence-electron chi connectivity index (χ0n) is 20.2. The van der Waals surface area contributed by atoms with Crippen LogP contribution >= 0.6 is 31.9 Å². The Morgan fingerprint density at radius 2 is 1.33 bits per heavy atom. The molecule has 36 heavy (non-hydrogen) atoms. The maximum Gasteiger partial charge on any atom is 0.0879 e. The Hall–Kier alpha value is -3.22. The van der Waals surface area contributed by atoms with E-state index in [9.17, 15) is 0 Å². The second-order valence-corrected chi connectivity index (χ2v) is 11.7. The number of rotatable bonds is 1. The van der Waals surface area contributed by atoms with E-state index in [1.165, 1.54) is 5.56 Å². The summed E-state index contributed by atoms with van der Waals surface area (Å²) in [6.45, 7) is 6.70. The van der Waals surface area contributed by atoms with E-state index in [2.05, 4.69) is 123 Å². The SMILES string of the molecule is CC(C)(C)c1ccc(C2=Cc3cc4ccc([nH]4)c(Br)c4nc(cc5ccc([nH]5)c(Br)c2n3)C=C4)cc1. The molecule has 0 unspecified atom stereocenters. The highest BCUT2D eigenvalue weighted by Crippen LogP contribution is 2.36. The average Bonchev–Trinajstić information content (AvgIpc) is 3.65. The number of fused-ring (bicyclic) bond motifs is 8. The van der Waals surface area contributed by atoms with Crippen molar-refractivity contribution in [1.29, 1.82) is 0 Å². The molecular weight excluding hydrogens is 576 g/mol. The molecular formula is C30H24Br2N4. The van der Waals surface area contributed by atoms with Crippen molar-refractivity contribution < 1.29 is 0 Å². The molecule has 6 rings (SSSR count). The van der Waals surface area contributed by atoms with Crippen LogP contribution in [-0.4, -0.2) is 19.9 Å². The van der Waals surface area contributed by atoms with E-state index < -0.39 is 0 Å². The number of H-pyrrole nitrogens is 2. The van der Waals surface area contributed by atoms with Crippen LogP contribution in [0.5, 0.6) is 0 Å². The van der Waals surface area contributed by atoms with Gasteiger partial charge < -0.3 is 9.97 Å². The van der Waals surface area contributed by atoms with Crippen molar-refractivity contribution in [2.45, 2.75) is 26.2 Å². The van der Waals surface area contributed by atoms with Crippen LogP contribution in [0.15, 0.2) is 69.6 Å². The van der Waals surface area contributed by atoms with Crippen LogP contribution in [0.25, 0.3) is 45.9 Å². The van der Waals surface area contributed by atoms with Crippen molar-refractivity contribution in [1.82, 2.24) is 19.9 Å². The van der Waals surface area contributed by atoms with E-state index in [0.29, 0.717) is 0 Å². The Morgan fingerprint density at radius 1 is 0.694 bits per heavy atom. The molecule has 0 atom stereocenters. The lowest BCUT2D eigenvalue weighted by molar-refractivity contribution is 0.590. The summed E-state index contributed by atoms with van der Waals surface area (Å²) in [5, 5.41) is 0. The Bertz CT molecular complexity index is 1730. The van der Waals surface area contributed by atoms with Crippen molar-refractivity contribution in [3.05, 3.63) is 104 Å². The topological polar surface area (TPSA) is 57.4 Å². The minimum absolute atomic E-state index is 0.103. The number of aromatic nitrogens is 4. The van der Waals surface area contributed by atoms with Crippen LogP contribution in [-0.2, 0) is 5.41 Å². The van der Waals surface area contributed by atoms with Crippen molar-refractivity contribution in [3.63, 3.8) is 0 Å². The summed E-state index contributed by atoms with van der Waals surface area (Å²) in [5.41, 5.74) is 11.1. The van der Waals surface area contributed by atoms with E-state index in [1.807, 2.05) is 18.2 Å². The maximum atomic E-state index is 5.05. The quantitative estimate of drug-likeness (QED) is 0.198. The number of hydrogen-bond acceptors (Lipinski definition) is 2. The number of nitrogens with zero attached hydrogens (tertiary/aromatic N) is 2. The average molecular weight is 600 g/mol. The van der Waals surface area contributed by atoms with E-state index in [0.717, 1.165) is 64.9 Å². The number of aromatic amines is 2. The first-order chi connectivity index (χ1) is 17.2. The van der Waals surface area contributed by atoms with Gasteiger partial charge in [0.25, 0.3) is 0 Å². The van der Waals surface area contributed by atoms with E-state index in [4.69, 9.17) is 9.97 Å². The lowest BCUT2D eigenvalue weighted by Gasteiger charge is -2.19. The summed E-state index contributed by atoms with van der Waals surface area (Å²) in [6.07, 6.45) is 6.19. The monoisotopic (exact) mass is 598 g/mol. The first kappa shape index (κ1) is 23.2. The molecule has 4 aromatic rings. The third kappa shape index (κ3) is 4.29. The predicted molar refractivity (Wildman–Crippen MR) is 157 cm³/mol. The molecule has 178 valence electrons. The summed E-state index contributed by atoms with van der Waals surface area (Å²) in [7, 11) is 0. The molecule has 0 aliphatic carbocycles. The van der Waals surface area contributed by atoms with Gasteiger partial charge in [-0.25, -0.2) is 9.97 Å². The Kier molecular flexibility index (Phi) is 5.61. The van der Waals surface area contributed by atoms with Crippen molar-refractivity contribution in [2.75, 3.05) is 0 Å². The Morgan fingerprint density at radius 3 is 2.00 bits per heavy atom. The van der Waals surface area contributed by atoms with Gasteiger partial charge in [0.05, 0.1) is 42.8 Å². The molecule has 8 bridgehead atoms. The minimum atomic E-state index is 0.103. The van der Waals surface area contributed by atoms with E-state index >= 15 is 0 Å². The highest BCUT2D eigenvalue weighted by atomic mass is 79.9. The predicted octanol–water partition coefficient (Wildman–Crippen LogP) is 8.90. The molecule has 3 aromatic heterocycles. The number of halogens is 2. The number of nitrogens with one attached hydrogen (secondary N) is 2. The molecule has 4 nitrogen and oxygen atoms in total. The van der Waals surface area contributed by atoms with Gasteiger partial charge in [-0.05, 0) is 103 Å². The van der Waals surface area contributed by atoms with Gasteiger partial charge in [-0.1, -0.05) is 45.0 Å². The van der Waals surface area contributed by atoms with E-state index in [-0.39, 0.29) is 5.41 Å². The second-order valence-electron chi connectivity index (χ2n) is 10.1. The first-order valence-corrected chi connectivity index (χ1v) is 13.4. The highest BCUT2D eigenvalue weighted by molar-refractivity contribution is 9.11. The third-order valence-corrected chi connectivity index (χ3v) is 8.08. The van der Waals surface area contributed by atoms with E-state index in [1.54, 1.807) is 0 Å². The molecule has 0 saturated carbocycles. The molecule has 2 aliphatic rings. The van der Waals surface area contributed by atoms with Crippen LogP contribution in [0.1, 0.15) is 54.7 Å². The van der Waals surface area contributed by atoms with Gasteiger partial charge in [-0.3, -0.25) is 0 Å². The fourth-order valence-corrected chi connectivity index (χ4v) is 5.45. The molecule has 0 fully saturated rings. The van der Waals surface area contributed by atoms with Crippen LogP contribution in [0, 0.1) is 0 Å². The van der Waals surface area contributed by atoms with Crippen LogP contribution in [0.4, 0.5) is 0 Å². The van der Waals surface area contributed by atoms with Crippen molar-refractivity contribution in [3.8, 4) is 0 Å². The summed E-state index contributed by atoms with van der Waals surface area (Å²) in [4.78, 5) is 16.8. The largest absolute Gasteiger partial charge is 0.354 e. The third-order valence-electron chi connectivity index (χ3n) is 6.44. The molecule has 6 heteroatoms. The lowest BCUT2D eigenvalue weighted by atomic mass is 9.86. The molecule has 0 spiro atoms. The fraction of sp³-hybridized carbons (Fsp3) is 0.133. The second kappa shape index (κ2) is 8.71. The molecule has 0 saturated heterocycles. The summed E-state index contributed by atoms with van der Waals surface area (Å²) in [5.74, 6) is 0. The number of hydrogen-bond donors (Lipinski definition) is 2. The lowest BCUT2D eigenvalue weighted by Crippen LogP contribution is -2.10. The molecule has 1 aromatic carbocycles. The smallest absolute Gasteiger partial charge is 0.0879 e. The first-order valence-electron chi connectivity index (χ1n) is 11.8. The maximum absolute atomic E-state index is 5.05. The normalized spacial score (nSPS) is 13.2. The van der Waals surface area contributed by atoms with Crippen LogP contribution in [0.3, 0.4) is 0 Å². The van der Waals surface area contributed by atoms with Gasteiger partial charge in [0, 0.05) is 16.6 Å². The van der Waals surface area contributed by atoms with Gasteiger partial charge in [-0.15, -0.1) is 0 Å². The van der Waals surface area contributed by atoms with Gasteiger partial charge in [-0.2, -0.15) is 0 Å². The zero-order chi connectivity index (χ0) is 25.0. The van der Waals surface area contributed by atoms with Gasteiger partial charge in [0.15, 0.2) is 0 Å². The standard InChI is InChI=1S/C30H24Br2N4/c1-30(2,3)18-6-4-17(5-7-18)23-16-22-15-21-9-12-25(34-21)27(31)24-11-8-19(33-24)14-20-10-13-26(35-20)28(32)29(23)36-22/h4-16,34-35H,1-3H3. The Balaban J connectivity index is 1.62. The minimum Gasteiger partial charge on any atom is -0.354 e. The summed E-state index contributed by atoms with van der Waals surface area (Å²) >= 11 is 7.59. The Labute approximate surface area is 226 Å². The molecule has 0 amide bonds. The summed E-state index contributed by atoms with van der Waals surface area (Å²) < 4.78 is 1.84. The zero-order valence-corrected chi connectivity index (χ0v) is 23.3. The highest BCUT2D eigenvalue weighted by Gasteiger charge is 2.19. The van der Waals surface area contributed by atoms with Crippen LogP contribution < -0.4 is 0 Å². The molecule has 2 N–H and O–H groups in total. The molecule has 5 heterocycles. The van der Waals surface area contributed by atoms with Crippen LogP contribution in [0.2, 0.25) is 0 Å². The molecule has 2 aliphatic heterocycles. The fourth-order valence-electron chi connectivity index (χ4n) is 4.46. The molecule has 0 radical (unpaired) electrons. The van der Waals surface area contributed by atoms with Gasteiger partial charge in [0.1, 0.15) is 0 Å².